The highest BCUT2D eigenvalue weighted by Crippen LogP contribution is 2.38. The van der Waals surface area contributed by atoms with E-state index >= 15 is 0 Å². The molecule has 5 nitrogen and oxygen atoms in total. The monoisotopic (exact) mass is 200 g/mol. The Labute approximate surface area is 82.2 Å². The number of carbonyl (C=O) groups excluding carboxylic acids is 1. The van der Waals surface area contributed by atoms with Gasteiger partial charge in [-0.3, -0.25) is 0 Å². The second-order valence-electron chi connectivity index (χ2n) is 4.05. The largest absolute Gasteiger partial charge is 0.548 e. The molecule has 2 rings (SSSR count). The fraction of sp³-hybridized carbons (Fsp3) is 0.889. The van der Waals surface area contributed by atoms with Crippen molar-refractivity contribution in [3.63, 3.8) is 0 Å². The number of carbonyl (C=O) groups is 1. The van der Waals surface area contributed by atoms with Gasteiger partial charge in [-0.15, -0.1) is 0 Å². The van der Waals surface area contributed by atoms with Crippen LogP contribution in [0, 0.1) is 0 Å². The molecular formula is C9H14NO4-. The van der Waals surface area contributed by atoms with Crippen molar-refractivity contribution in [2.24, 2.45) is 5.73 Å². The van der Waals surface area contributed by atoms with Gasteiger partial charge in [0.2, 0.25) is 0 Å². The average Bonchev–Trinajstić information content (AvgIpc) is 2.60. The number of aliphatic carboxylic acids is 1. The lowest BCUT2D eigenvalue weighted by atomic mass is 9.79. The highest BCUT2D eigenvalue weighted by Gasteiger charge is 2.45. The van der Waals surface area contributed by atoms with E-state index in [1.165, 1.54) is 0 Å². The van der Waals surface area contributed by atoms with Crippen LogP contribution in [0.1, 0.15) is 25.7 Å². The first-order valence-corrected chi connectivity index (χ1v) is 4.85. The topological polar surface area (TPSA) is 84.6 Å². The van der Waals surface area contributed by atoms with Crippen LogP contribution in [-0.2, 0) is 14.3 Å². The number of nitrogens with two attached hydrogens (primary N) is 1. The van der Waals surface area contributed by atoms with Gasteiger partial charge < -0.3 is 25.1 Å². The third-order valence-corrected chi connectivity index (χ3v) is 3.12. The first-order valence-electron chi connectivity index (χ1n) is 4.85. The van der Waals surface area contributed by atoms with E-state index in [1.807, 2.05) is 0 Å². The van der Waals surface area contributed by atoms with Crippen LogP contribution in [0.3, 0.4) is 0 Å². The van der Waals surface area contributed by atoms with Crippen LogP contribution in [0.15, 0.2) is 0 Å². The molecule has 1 spiro atoms. The van der Waals surface area contributed by atoms with Crippen LogP contribution >= 0.6 is 0 Å². The summed E-state index contributed by atoms with van der Waals surface area (Å²) in [4.78, 5) is 10.8. The minimum Gasteiger partial charge on any atom is -0.548 e. The van der Waals surface area contributed by atoms with Crippen molar-refractivity contribution in [1.82, 2.24) is 0 Å². The Morgan fingerprint density at radius 3 is 2.07 bits per heavy atom. The minimum atomic E-state index is -1.19. The Morgan fingerprint density at radius 2 is 1.64 bits per heavy atom. The van der Waals surface area contributed by atoms with Crippen LogP contribution in [0.2, 0.25) is 0 Å². The molecule has 0 unspecified atom stereocenters. The molecule has 1 heterocycles. The van der Waals surface area contributed by atoms with Gasteiger partial charge in [-0.1, -0.05) is 0 Å². The third kappa shape index (κ3) is 1.51. The van der Waals surface area contributed by atoms with Crippen molar-refractivity contribution in [3.8, 4) is 0 Å². The zero-order chi connectivity index (χ0) is 10.2. The van der Waals surface area contributed by atoms with Crippen molar-refractivity contribution in [1.29, 1.82) is 0 Å². The van der Waals surface area contributed by atoms with E-state index in [0.717, 1.165) is 0 Å². The number of carboxylic acids is 1. The molecule has 0 radical (unpaired) electrons. The maximum atomic E-state index is 10.8. The smallest absolute Gasteiger partial charge is 0.168 e. The molecule has 2 N–H and O–H groups in total. The number of carboxylic acid groups (broad SMARTS) is 1. The van der Waals surface area contributed by atoms with Crippen molar-refractivity contribution < 1.29 is 19.4 Å². The molecule has 2 fully saturated rings. The molecule has 1 saturated heterocycles. The molecular weight excluding hydrogens is 186 g/mol. The van der Waals surface area contributed by atoms with Crippen LogP contribution in [0.4, 0.5) is 0 Å². The molecule has 1 aliphatic carbocycles. The van der Waals surface area contributed by atoms with Gasteiger partial charge in [0.15, 0.2) is 5.79 Å². The number of hydrogen-bond donors (Lipinski definition) is 1. The van der Waals surface area contributed by atoms with Gasteiger partial charge in [-0.05, 0) is 12.8 Å². The normalized spacial score (nSPS) is 29.2. The third-order valence-electron chi connectivity index (χ3n) is 3.12. The summed E-state index contributed by atoms with van der Waals surface area (Å²) in [5.41, 5.74) is 4.49. The molecule has 0 aromatic heterocycles. The van der Waals surface area contributed by atoms with Gasteiger partial charge in [0.05, 0.1) is 24.7 Å². The van der Waals surface area contributed by atoms with Gasteiger partial charge in [-0.25, -0.2) is 0 Å². The molecule has 0 amide bonds. The first kappa shape index (κ1) is 9.89. The van der Waals surface area contributed by atoms with Crippen LogP contribution in [0.25, 0.3) is 0 Å². The summed E-state index contributed by atoms with van der Waals surface area (Å²) >= 11 is 0. The van der Waals surface area contributed by atoms with E-state index in [1.54, 1.807) is 0 Å². The Bertz CT molecular complexity index is 237. The fourth-order valence-corrected chi connectivity index (χ4v) is 2.07. The lowest BCUT2D eigenvalue weighted by molar-refractivity contribution is -0.316. The second-order valence-corrected chi connectivity index (χ2v) is 4.05. The van der Waals surface area contributed by atoms with Crippen molar-refractivity contribution in [3.05, 3.63) is 0 Å². The van der Waals surface area contributed by atoms with E-state index in [9.17, 15) is 9.90 Å². The van der Waals surface area contributed by atoms with Crippen LogP contribution in [0.5, 0.6) is 0 Å². The fourth-order valence-electron chi connectivity index (χ4n) is 2.07. The lowest BCUT2D eigenvalue weighted by Crippen LogP contribution is -2.59. The van der Waals surface area contributed by atoms with E-state index in [0.29, 0.717) is 38.9 Å². The Kier molecular flexibility index (Phi) is 2.25. The number of ether oxygens (including phenoxy) is 2. The summed E-state index contributed by atoms with van der Waals surface area (Å²) in [5.74, 6) is -1.73. The zero-order valence-corrected chi connectivity index (χ0v) is 7.95. The van der Waals surface area contributed by atoms with Gasteiger partial charge in [-0.2, -0.15) is 0 Å². The molecule has 1 saturated carbocycles. The van der Waals surface area contributed by atoms with E-state index in [4.69, 9.17) is 15.2 Å². The zero-order valence-electron chi connectivity index (χ0n) is 7.95. The molecule has 0 atom stereocenters. The lowest BCUT2D eigenvalue weighted by Gasteiger charge is -2.41. The van der Waals surface area contributed by atoms with Crippen LogP contribution < -0.4 is 10.8 Å². The summed E-state index contributed by atoms with van der Waals surface area (Å²) in [6, 6.07) is 0. The quantitative estimate of drug-likeness (QED) is 0.571. The maximum Gasteiger partial charge on any atom is 0.168 e. The Balaban J connectivity index is 2.01. The van der Waals surface area contributed by atoms with Gasteiger partial charge in [0, 0.05) is 12.8 Å². The molecule has 1 aliphatic heterocycles. The van der Waals surface area contributed by atoms with E-state index < -0.39 is 17.3 Å². The molecule has 0 aromatic carbocycles. The van der Waals surface area contributed by atoms with Crippen molar-refractivity contribution in [2.75, 3.05) is 13.2 Å². The predicted molar refractivity (Wildman–Crippen MR) is 45.0 cm³/mol. The first-order chi connectivity index (χ1) is 6.56. The van der Waals surface area contributed by atoms with Crippen molar-refractivity contribution >= 4 is 5.97 Å². The molecule has 80 valence electrons. The van der Waals surface area contributed by atoms with Crippen LogP contribution in [-0.4, -0.2) is 30.5 Å². The molecule has 2 aliphatic rings. The van der Waals surface area contributed by atoms with Gasteiger partial charge >= 0.3 is 0 Å². The summed E-state index contributed by atoms with van der Waals surface area (Å²) in [5, 5.41) is 10.8. The molecule has 5 heteroatoms. The summed E-state index contributed by atoms with van der Waals surface area (Å²) < 4.78 is 10.9. The second kappa shape index (κ2) is 3.18. The number of hydrogen-bond acceptors (Lipinski definition) is 5. The SMILES string of the molecule is NC1(C(=O)[O-])CCC2(CC1)OCCO2. The standard InChI is InChI=1S/C9H15NO4/c10-8(7(11)12)1-3-9(4-2-8)13-5-6-14-9/h1-6,10H2,(H,11,12)/p-1. The van der Waals surface area contributed by atoms with E-state index in [2.05, 4.69) is 0 Å². The minimum absolute atomic E-state index is 0.356. The van der Waals surface area contributed by atoms with Gasteiger partial charge in [0.25, 0.3) is 0 Å². The summed E-state index contributed by atoms with van der Waals surface area (Å²) in [7, 11) is 0. The summed E-state index contributed by atoms with van der Waals surface area (Å²) in [6.07, 6.45) is 1.79. The highest BCUT2D eigenvalue weighted by molar-refractivity contribution is 5.76. The average molecular weight is 200 g/mol. The van der Waals surface area contributed by atoms with E-state index in [-0.39, 0.29) is 0 Å². The van der Waals surface area contributed by atoms with Crippen molar-refractivity contribution in [2.45, 2.75) is 37.0 Å². The predicted octanol–water partition coefficient (Wildman–Crippen LogP) is -1.25. The highest BCUT2D eigenvalue weighted by atomic mass is 16.7. The Hall–Kier alpha value is -0.650. The summed E-state index contributed by atoms with van der Waals surface area (Å²) in [6.45, 7) is 1.17. The van der Waals surface area contributed by atoms with Gasteiger partial charge in [0.1, 0.15) is 0 Å². The maximum absolute atomic E-state index is 10.8. The number of rotatable bonds is 1. The Morgan fingerprint density at radius 1 is 1.14 bits per heavy atom. The molecule has 0 aromatic rings. The molecule has 14 heavy (non-hydrogen) atoms. The molecule has 0 bridgehead atoms.